The van der Waals surface area contributed by atoms with Gasteiger partial charge in [0.25, 0.3) is 0 Å². The van der Waals surface area contributed by atoms with E-state index in [1.807, 2.05) is 13.8 Å². The summed E-state index contributed by atoms with van der Waals surface area (Å²) in [5, 5.41) is 5.12. The summed E-state index contributed by atoms with van der Waals surface area (Å²) in [7, 11) is 0. The molecule has 0 fully saturated rings. The Bertz CT molecular complexity index is 400. The Balaban J connectivity index is 4.18. The molecule has 0 spiro atoms. The predicted molar refractivity (Wildman–Crippen MR) is 86.1 cm³/mol. The van der Waals surface area contributed by atoms with E-state index in [0.29, 0.717) is 12.3 Å². The fourth-order valence-corrected chi connectivity index (χ4v) is 2.62. The molecule has 0 aromatic rings. The SMILES string of the molecule is CC(=O)N[C@@H](CSC(C)=O)C(=O)NCCSC(=O)C(C)C. The minimum Gasteiger partial charge on any atom is -0.353 e. The highest BCUT2D eigenvalue weighted by Gasteiger charge is 2.20. The number of amides is 2. The maximum atomic E-state index is 11.9. The third kappa shape index (κ3) is 10.4. The van der Waals surface area contributed by atoms with E-state index in [1.54, 1.807) is 0 Å². The van der Waals surface area contributed by atoms with Crippen LogP contribution in [0, 0.1) is 5.92 Å². The number of carbonyl (C=O) groups is 4. The minimum absolute atomic E-state index is 0.0372. The quantitative estimate of drug-likeness (QED) is 0.638. The third-order valence-electron chi connectivity index (χ3n) is 2.26. The molecule has 0 aliphatic carbocycles. The van der Waals surface area contributed by atoms with Crippen molar-refractivity contribution in [1.82, 2.24) is 10.6 Å². The van der Waals surface area contributed by atoms with Crippen molar-refractivity contribution < 1.29 is 19.2 Å². The van der Waals surface area contributed by atoms with Crippen molar-refractivity contribution in [2.45, 2.75) is 33.7 Å². The van der Waals surface area contributed by atoms with Crippen LogP contribution >= 0.6 is 23.5 Å². The molecule has 0 aromatic carbocycles. The predicted octanol–water partition coefficient (Wildman–Crippen LogP) is 0.803. The molecule has 2 N–H and O–H groups in total. The number of rotatable bonds is 8. The van der Waals surface area contributed by atoms with Gasteiger partial charge in [-0.3, -0.25) is 19.2 Å². The Morgan fingerprint density at radius 1 is 1.05 bits per heavy atom. The second-order valence-electron chi connectivity index (χ2n) is 4.67. The molecule has 21 heavy (non-hydrogen) atoms. The second-order valence-corrected chi connectivity index (χ2v) is 6.97. The van der Waals surface area contributed by atoms with E-state index in [9.17, 15) is 19.2 Å². The molecule has 120 valence electrons. The van der Waals surface area contributed by atoms with Gasteiger partial charge in [0.2, 0.25) is 11.8 Å². The van der Waals surface area contributed by atoms with Crippen molar-refractivity contribution in [3.05, 3.63) is 0 Å². The van der Waals surface area contributed by atoms with Gasteiger partial charge in [-0.05, 0) is 0 Å². The monoisotopic (exact) mass is 334 g/mol. The molecule has 0 aromatic heterocycles. The zero-order chi connectivity index (χ0) is 16.4. The van der Waals surface area contributed by atoms with Crippen LogP contribution < -0.4 is 10.6 Å². The molecule has 6 nitrogen and oxygen atoms in total. The Morgan fingerprint density at radius 2 is 1.67 bits per heavy atom. The molecule has 0 radical (unpaired) electrons. The first-order chi connectivity index (χ1) is 9.73. The molecule has 0 bridgehead atoms. The Hall–Kier alpha value is -1.02. The summed E-state index contributed by atoms with van der Waals surface area (Å²) in [5.74, 6) is -0.0428. The minimum atomic E-state index is -0.748. The largest absolute Gasteiger partial charge is 0.353 e. The van der Waals surface area contributed by atoms with E-state index in [1.165, 1.54) is 25.6 Å². The van der Waals surface area contributed by atoms with Gasteiger partial charge in [-0.2, -0.15) is 0 Å². The lowest BCUT2D eigenvalue weighted by Crippen LogP contribution is -2.48. The van der Waals surface area contributed by atoms with Gasteiger partial charge >= 0.3 is 0 Å². The van der Waals surface area contributed by atoms with Gasteiger partial charge in [0.1, 0.15) is 6.04 Å². The standard InChI is InChI=1S/C13H22N2O4S2/c1-8(2)13(19)20-6-5-14-12(18)11(15-9(3)16)7-21-10(4)17/h8,11H,5-7H2,1-4H3,(H,14,18)(H,15,16)/t11-/m0/s1. The summed E-state index contributed by atoms with van der Waals surface area (Å²) >= 11 is 2.15. The number of nitrogens with one attached hydrogen (secondary N) is 2. The molecular formula is C13H22N2O4S2. The molecule has 8 heteroatoms. The van der Waals surface area contributed by atoms with Gasteiger partial charge in [0.15, 0.2) is 10.2 Å². The lowest BCUT2D eigenvalue weighted by Gasteiger charge is -2.16. The van der Waals surface area contributed by atoms with Crippen molar-refractivity contribution in [2.24, 2.45) is 5.92 Å². The Kier molecular flexibility index (Phi) is 10.2. The van der Waals surface area contributed by atoms with Crippen molar-refractivity contribution in [2.75, 3.05) is 18.1 Å². The molecular weight excluding hydrogens is 312 g/mol. The molecule has 0 rings (SSSR count). The van der Waals surface area contributed by atoms with Gasteiger partial charge in [0, 0.05) is 37.8 Å². The number of carbonyl (C=O) groups excluding carboxylic acids is 4. The molecule has 0 saturated heterocycles. The van der Waals surface area contributed by atoms with E-state index in [4.69, 9.17) is 0 Å². The Morgan fingerprint density at radius 3 is 2.14 bits per heavy atom. The molecule has 0 heterocycles. The van der Waals surface area contributed by atoms with Crippen LogP contribution in [-0.2, 0) is 19.2 Å². The van der Waals surface area contributed by atoms with Gasteiger partial charge in [-0.25, -0.2) is 0 Å². The van der Waals surface area contributed by atoms with Crippen molar-refractivity contribution in [3.63, 3.8) is 0 Å². The Labute approximate surface area is 133 Å². The number of thioether (sulfide) groups is 2. The van der Waals surface area contributed by atoms with E-state index in [2.05, 4.69) is 10.6 Å². The van der Waals surface area contributed by atoms with Crippen LogP contribution in [-0.4, -0.2) is 46.1 Å². The van der Waals surface area contributed by atoms with E-state index >= 15 is 0 Å². The van der Waals surface area contributed by atoms with Crippen molar-refractivity contribution in [1.29, 1.82) is 0 Å². The van der Waals surface area contributed by atoms with Crippen LogP contribution in [0.1, 0.15) is 27.7 Å². The second kappa shape index (κ2) is 10.7. The van der Waals surface area contributed by atoms with Crippen LogP contribution in [0.5, 0.6) is 0 Å². The summed E-state index contributed by atoms with van der Waals surface area (Å²) in [6, 6.07) is -0.748. The molecule has 0 saturated carbocycles. The molecule has 2 amide bonds. The van der Waals surface area contributed by atoms with Crippen LogP contribution in [0.15, 0.2) is 0 Å². The highest BCUT2D eigenvalue weighted by molar-refractivity contribution is 8.13. The first kappa shape index (κ1) is 20.0. The van der Waals surface area contributed by atoms with Crippen LogP contribution in [0.2, 0.25) is 0 Å². The van der Waals surface area contributed by atoms with Crippen LogP contribution in [0.4, 0.5) is 0 Å². The summed E-state index contributed by atoms with van der Waals surface area (Å²) in [5.41, 5.74) is 0. The first-order valence-corrected chi connectivity index (χ1v) is 8.56. The first-order valence-electron chi connectivity index (χ1n) is 6.58. The van der Waals surface area contributed by atoms with Crippen LogP contribution in [0.25, 0.3) is 0 Å². The molecule has 1 atom stereocenters. The maximum Gasteiger partial charge on any atom is 0.243 e. The molecule has 0 unspecified atom stereocenters. The van der Waals surface area contributed by atoms with Gasteiger partial charge in [-0.15, -0.1) is 0 Å². The van der Waals surface area contributed by atoms with Crippen molar-refractivity contribution >= 4 is 45.6 Å². The normalized spacial score (nSPS) is 11.9. The fraction of sp³-hybridized carbons (Fsp3) is 0.692. The maximum absolute atomic E-state index is 11.9. The summed E-state index contributed by atoms with van der Waals surface area (Å²) < 4.78 is 0. The average Bonchev–Trinajstić information content (AvgIpc) is 2.38. The highest BCUT2D eigenvalue weighted by Crippen LogP contribution is 2.09. The highest BCUT2D eigenvalue weighted by atomic mass is 32.2. The summed E-state index contributed by atoms with van der Waals surface area (Å²) in [6.07, 6.45) is 0. The topological polar surface area (TPSA) is 92.3 Å². The third-order valence-corrected chi connectivity index (χ3v) is 4.33. The fourth-order valence-electron chi connectivity index (χ4n) is 1.24. The average molecular weight is 334 g/mol. The lowest BCUT2D eigenvalue weighted by atomic mass is 10.3. The number of hydrogen-bond donors (Lipinski definition) is 2. The van der Waals surface area contributed by atoms with E-state index in [0.717, 1.165) is 11.8 Å². The number of hydrogen-bond acceptors (Lipinski definition) is 6. The van der Waals surface area contributed by atoms with Gasteiger partial charge in [0.05, 0.1) is 0 Å². The van der Waals surface area contributed by atoms with Crippen LogP contribution in [0.3, 0.4) is 0 Å². The van der Waals surface area contributed by atoms with E-state index in [-0.39, 0.29) is 33.7 Å². The van der Waals surface area contributed by atoms with E-state index < -0.39 is 6.04 Å². The van der Waals surface area contributed by atoms with Gasteiger partial charge < -0.3 is 10.6 Å². The zero-order valence-corrected chi connectivity index (χ0v) is 14.4. The summed E-state index contributed by atoms with van der Waals surface area (Å²) in [4.78, 5) is 45.3. The van der Waals surface area contributed by atoms with Gasteiger partial charge in [-0.1, -0.05) is 37.4 Å². The zero-order valence-electron chi connectivity index (χ0n) is 12.7. The smallest absolute Gasteiger partial charge is 0.243 e. The molecule has 0 aliphatic heterocycles. The van der Waals surface area contributed by atoms with Crippen molar-refractivity contribution in [3.8, 4) is 0 Å². The summed E-state index contributed by atoms with van der Waals surface area (Å²) in [6.45, 7) is 6.69. The lowest BCUT2D eigenvalue weighted by molar-refractivity contribution is -0.127. The molecule has 0 aliphatic rings.